The van der Waals surface area contributed by atoms with Crippen LogP contribution in [0.5, 0.6) is 5.75 Å². The normalized spacial score (nSPS) is 13.1. The Labute approximate surface area is 171 Å². The highest BCUT2D eigenvalue weighted by molar-refractivity contribution is 6.13. The molecule has 150 valence electrons. The summed E-state index contributed by atoms with van der Waals surface area (Å²) >= 11 is 0. The zero-order valence-corrected chi connectivity index (χ0v) is 17.4. The van der Waals surface area contributed by atoms with Crippen molar-refractivity contribution in [2.75, 3.05) is 32.6 Å². The summed E-state index contributed by atoms with van der Waals surface area (Å²) in [5.41, 5.74) is 5.44. The maximum Gasteiger partial charge on any atom is 0.227 e. The number of anilines is 2. The Morgan fingerprint density at radius 2 is 1.90 bits per heavy atom. The van der Waals surface area contributed by atoms with Crippen LogP contribution in [0.4, 0.5) is 11.6 Å². The van der Waals surface area contributed by atoms with Crippen molar-refractivity contribution in [3.8, 4) is 5.75 Å². The highest BCUT2D eigenvalue weighted by Crippen LogP contribution is 2.30. The number of aromatic nitrogens is 2. The predicted octanol–water partition coefficient (Wildman–Crippen LogP) is 4.27. The number of aliphatic imine (C=N–C) groups is 1. The fourth-order valence-electron chi connectivity index (χ4n) is 3.45. The van der Waals surface area contributed by atoms with E-state index in [0.717, 1.165) is 41.1 Å². The van der Waals surface area contributed by atoms with Crippen molar-refractivity contribution in [1.29, 1.82) is 0 Å². The SMILES string of the molecule is CC(C)C1=NCc2ccc3cnc(Nc4ccc(OCCN(C)C)cc4)nc3c21. The Balaban J connectivity index is 1.55. The molecule has 2 aromatic carbocycles. The number of nitrogens with one attached hydrogen (secondary N) is 1. The zero-order valence-electron chi connectivity index (χ0n) is 17.4. The molecule has 0 unspecified atom stereocenters. The number of nitrogens with zero attached hydrogens (tertiary/aromatic N) is 4. The Hall–Kier alpha value is -2.99. The first-order valence-electron chi connectivity index (χ1n) is 9.99. The van der Waals surface area contributed by atoms with Crippen LogP contribution in [0.1, 0.15) is 25.0 Å². The van der Waals surface area contributed by atoms with Gasteiger partial charge in [0.05, 0.1) is 12.1 Å². The molecule has 1 N–H and O–H groups in total. The summed E-state index contributed by atoms with van der Waals surface area (Å²) in [6.45, 7) is 6.64. The van der Waals surface area contributed by atoms with Crippen LogP contribution in [0, 0.1) is 5.92 Å². The minimum Gasteiger partial charge on any atom is -0.492 e. The first-order valence-corrected chi connectivity index (χ1v) is 9.99. The third-order valence-corrected chi connectivity index (χ3v) is 4.98. The first kappa shape index (κ1) is 19.3. The fraction of sp³-hybridized carbons (Fsp3) is 0.348. The van der Waals surface area contributed by atoms with Crippen molar-refractivity contribution in [1.82, 2.24) is 14.9 Å². The lowest BCUT2D eigenvalue weighted by molar-refractivity contribution is 0.261. The number of likely N-dealkylation sites (N-methyl/N-ethyl adjacent to an activating group) is 1. The van der Waals surface area contributed by atoms with Gasteiger partial charge >= 0.3 is 0 Å². The predicted molar refractivity (Wildman–Crippen MR) is 118 cm³/mol. The monoisotopic (exact) mass is 389 g/mol. The molecule has 2 heterocycles. The molecule has 1 aliphatic heterocycles. The van der Waals surface area contributed by atoms with E-state index in [-0.39, 0.29) is 0 Å². The minimum absolute atomic E-state index is 0.369. The van der Waals surface area contributed by atoms with Crippen LogP contribution >= 0.6 is 0 Å². The van der Waals surface area contributed by atoms with E-state index in [9.17, 15) is 0 Å². The third kappa shape index (κ3) is 4.22. The molecule has 0 radical (unpaired) electrons. The lowest BCUT2D eigenvalue weighted by Gasteiger charge is -2.12. The van der Waals surface area contributed by atoms with E-state index in [1.807, 2.05) is 44.6 Å². The molecule has 0 atom stereocenters. The van der Waals surface area contributed by atoms with Gasteiger partial charge in [-0.2, -0.15) is 0 Å². The van der Waals surface area contributed by atoms with Gasteiger partial charge in [0, 0.05) is 35.1 Å². The molecule has 0 saturated carbocycles. The summed E-state index contributed by atoms with van der Waals surface area (Å²) in [6, 6.07) is 12.1. The number of ether oxygens (including phenoxy) is 1. The molecule has 6 nitrogen and oxygen atoms in total. The number of hydrogen-bond acceptors (Lipinski definition) is 6. The van der Waals surface area contributed by atoms with Gasteiger partial charge in [0.25, 0.3) is 0 Å². The summed E-state index contributed by atoms with van der Waals surface area (Å²) in [4.78, 5) is 16.1. The molecule has 1 aromatic heterocycles. The first-order chi connectivity index (χ1) is 14.0. The standard InChI is InChI=1S/C23H27N5O/c1-15(2)21-20-16(13-24-21)5-6-17-14-25-23(27-22(17)20)26-18-7-9-19(10-8-18)29-12-11-28(3)4/h5-10,14-15H,11-13H2,1-4H3,(H,25,26,27). The van der Waals surface area contributed by atoms with E-state index in [2.05, 4.69) is 41.2 Å². The third-order valence-electron chi connectivity index (χ3n) is 4.98. The summed E-state index contributed by atoms with van der Waals surface area (Å²) in [5.74, 6) is 1.81. The van der Waals surface area contributed by atoms with Crippen LogP contribution in [0.2, 0.25) is 0 Å². The summed E-state index contributed by atoms with van der Waals surface area (Å²) in [5, 5.41) is 4.34. The topological polar surface area (TPSA) is 62.6 Å². The number of hydrogen-bond donors (Lipinski definition) is 1. The molecule has 0 spiro atoms. The van der Waals surface area contributed by atoms with Crippen LogP contribution in [0.3, 0.4) is 0 Å². The van der Waals surface area contributed by atoms with Crippen LogP contribution in [0.25, 0.3) is 10.9 Å². The van der Waals surface area contributed by atoms with Crippen molar-refractivity contribution in [3.63, 3.8) is 0 Å². The van der Waals surface area contributed by atoms with E-state index < -0.39 is 0 Å². The molecule has 0 bridgehead atoms. The molecular weight excluding hydrogens is 362 g/mol. The summed E-state index contributed by atoms with van der Waals surface area (Å²) in [7, 11) is 4.07. The van der Waals surface area contributed by atoms with Gasteiger partial charge in [-0.15, -0.1) is 0 Å². The lowest BCUT2D eigenvalue weighted by Crippen LogP contribution is -2.19. The van der Waals surface area contributed by atoms with Crippen molar-refractivity contribution in [3.05, 3.63) is 53.7 Å². The fourth-order valence-corrected chi connectivity index (χ4v) is 3.45. The maximum atomic E-state index is 5.75. The number of rotatable bonds is 7. The smallest absolute Gasteiger partial charge is 0.227 e. The highest BCUT2D eigenvalue weighted by Gasteiger charge is 2.22. The minimum atomic E-state index is 0.369. The van der Waals surface area contributed by atoms with E-state index >= 15 is 0 Å². The molecule has 0 amide bonds. The second-order valence-electron chi connectivity index (χ2n) is 7.89. The van der Waals surface area contributed by atoms with E-state index in [1.165, 1.54) is 11.1 Å². The van der Waals surface area contributed by atoms with Gasteiger partial charge in [0.1, 0.15) is 12.4 Å². The van der Waals surface area contributed by atoms with E-state index in [4.69, 9.17) is 14.7 Å². The van der Waals surface area contributed by atoms with Gasteiger partial charge in [-0.25, -0.2) is 9.97 Å². The molecule has 0 fully saturated rings. The van der Waals surface area contributed by atoms with Crippen LogP contribution in [0.15, 0.2) is 47.6 Å². The molecule has 0 saturated heterocycles. The Kier molecular flexibility index (Phi) is 5.45. The second kappa shape index (κ2) is 8.17. The van der Waals surface area contributed by atoms with Crippen molar-refractivity contribution >= 4 is 28.3 Å². The quantitative estimate of drug-likeness (QED) is 0.654. The summed E-state index contributed by atoms with van der Waals surface area (Å²) < 4.78 is 5.75. The average molecular weight is 390 g/mol. The van der Waals surface area contributed by atoms with Crippen LogP contribution < -0.4 is 10.1 Å². The Morgan fingerprint density at radius 1 is 1.10 bits per heavy atom. The van der Waals surface area contributed by atoms with Gasteiger partial charge in [-0.05, 0) is 49.8 Å². The van der Waals surface area contributed by atoms with Gasteiger partial charge in [0.15, 0.2) is 0 Å². The summed E-state index contributed by atoms with van der Waals surface area (Å²) in [6.07, 6.45) is 1.87. The van der Waals surface area contributed by atoms with Crippen LogP contribution in [-0.4, -0.2) is 47.8 Å². The van der Waals surface area contributed by atoms with Crippen molar-refractivity contribution in [2.24, 2.45) is 10.9 Å². The largest absolute Gasteiger partial charge is 0.492 e. The maximum absolute atomic E-state index is 5.75. The van der Waals surface area contributed by atoms with Gasteiger partial charge in [0.2, 0.25) is 5.95 Å². The van der Waals surface area contributed by atoms with Crippen molar-refractivity contribution < 1.29 is 4.74 Å². The highest BCUT2D eigenvalue weighted by atomic mass is 16.5. The number of benzene rings is 2. The molecule has 4 rings (SSSR count). The molecule has 1 aliphatic rings. The second-order valence-corrected chi connectivity index (χ2v) is 7.89. The molecule has 6 heteroatoms. The number of fused-ring (bicyclic) bond motifs is 3. The molecule has 29 heavy (non-hydrogen) atoms. The molecular formula is C23H27N5O. The average Bonchev–Trinajstić information content (AvgIpc) is 3.14. The van der Waals surface area contributed by atoms with Gasteiger partial charge in [-0.3, -0.25) is 4.99 Å². The Bertz CT molecular complexity index is 1040. The van der Waals surface area contributed by atoms with E-state index in [0.29, 0.717) is 18.5 Å². The molecule has 0 aliphatic carbocycles. The lowest BCUT2D eigenvalue weighted by atomic mass is 9.96. The molecule has 3 aromatic rings. The van der Waals surface area contributed by atoms with Crippen LogP contribution in [-0.2, 0) is 6.54 Å². The zero-order chi connectivity index (χ0) is 20.4. The van der Waals surface area contributed by atoms with Gasteiger partial charge < -0.3 is 15.0 Å². The Morgan fingerprint density at radius 3 is 2.62 bits per heavy atom. The van der Waals surface area contributed by atoms with Crippen molar-refractivity contribution in [2.45, 2.75) is 20.4 Å². The van der Waals surface area contributed by atoms with Gasteiger partial charge in [-0.1, -0.05) is 26.0 Å². The van der Waals surface area contributed by atoms with E-state index in [1.54, 1.807) is 0 Å².